The summed E-state index contributed by atoms with van der Waals surface area (Å²) in [5, 5.41) is 2.84. The molecule has 2 aromatic rings. The Kier molecular flexibility index (Phi) is 7.45. The van der Waals surface area contributed by atoms with Gasteiger partial charge in [-0.15, -0.1) is 0 Å². The van der Waals surface area contributed by atoms with E-state index in [1.54, 1.807) is 6.92 Å². The first-order valence-electron chi connectivity index (χ1n) is 11.5. The van der Waals surface area contributed by atoms with Crippen molar-refractivity contribution >= 4 is 21.3 Å². The van der Waals surface area contributed by atoms with Gasteiger partial charge >= 0.3 is 6.18 Å². The highest BCUT2D eigenvalue weighted by molar-refractivity contribution is 7.90. The maximum atomic E-state index is 14.5. The van der Waals surface area contributed by atoms with Crippen molar-refractivity contribution in [3.63, 3.8) is 0 Å². The highest BCUT2D eigenvalue weighted by Gasteiger charge is 2.44. The van der Waals surface area contributed by atoms with E-state index in [9.17, 15) is 26.0 Å². The van der Waals surface area contributed by atoms with Crippen LogP contribution < -0.4 is 10.1 Å². The van der Waals surface area contributed by atoms with Crippen LogP contribution in [0.1, 0.15) is 25.3 Å². The van der Waals surface area contributed by atoms with Gasteiger partial charge in [-0.1, -0.05) is 6.92 Å². The third-order valence-corrected chi connectivity index (χ3v) is 7.72. The number of anilines is 2. The summed E-state index contributed by atoms with van der Waals surface area (Å²) in [5.41, 5.74) is 0.549. The minimum atomic E-state index is -4.26. The van der Waals surface area contributed by atoms with E-state index in [-0.39, 0.29) is 47.0 Å². The number of ether oxygens (including phenoxy) is 2. The number of alkyl halides is 3. The van der Waals surface area contributed by atoms with Crippen LogP contribution >= 0.6 is 0 Å². The molecule has 4 rings (SSSR count). The molecule has 0 spiro atoms. The zero-order valence-electron chi connectivity index (χ0n) is 20.0. The molecule has 2 aliphatic heterocycles. The van der Waals surface area contributed by atoms with E-state index in [0.717, 1.165) is 12.3 Å². The number of hydrogen-bond donors (Lipinski definition) is 1. The minimum Gasteiger partial charge on any atom is -0.474 e. The number of aromatic nitrogens is 2. The summed E-state index contributed by atoms with van der Waals surface area (Å²) in [6, 6.07) is 3.14. The van der Waals surface area contributed by atoms with Crippen molar-refractivity contribution in [3.8, 4) is 5.88 Å². The Balaban J connectivity index is 1.46. The molecule has 3 heterocycles. The van der Waals surface area contributed by atoms with E-state index >= 15 is 0 Å². The van der Waals surface area contributed by atoms with Gasteiger partial charge in [0.2, 0.25) is 5.88 Å². The second-order valence-electron chi connectivity index (χ2n) is 9.39. The summed E-state index contributed by atoms with van der Waals surface area (Å²) in [6.45, 7) is 3.47. The number of piperidine rings is 1. The van der Waals surface area contributed by atoms with Gasteiger partial charge in [0.15, 0.2) is 9.84 Å². The predicted octanol–water partition coefficient (Wildman–Crippen LogP) is 3.88. The molecule has 1 aromatic heterocycles. The SMILES string of the molecule is Cc1c(Nc2ccc(S(C)(=O)=O)cc2F)ncnc1OC1CC2COC[C@@H](C1)N2CC(C)C(F)(F)F. The number of halogens is 4. The standard InChI is InChI=1S/C23H28F4N4O4S/c1-13(23(25,26)27)9-31-15-6-17(7-16(31)11-34-10-15)35-22-14(2)21(28-12-29-22)30-20-5-4-18(8-19(20)24)36(3,32)33/h4-5,8,12-13,15-17H,6-7,9-11H2,1-3H3,(H,28,29,30)/t13?,15-,16?,17?/m1/s1. The summed E-state index contributed by atoms with van der Waals surface area (Å²) >= 11 is 0. The lowest BCUT2D eigenvalue weighted by atomic mass is 9.90. The molecule has 4 atom stereocenters. The molecule has 2 saturated heterocycles. The lowest BCUT2D eigenvalue weighted by Gasteiger charge is -2.49. The smallest absolute Gasteiger partial charge is 0.392 e. The zero-order valence-corrected chi connectivity index (χ0v) is 20.9. The Hall–Kier alpha value is -2.51. The van der Waals surface area contributed by atoms with Crippen molar-refractivity contribution in [2.45, 2.75) is 55.9 Å². The molecular formula is C23H28F4N4O4S. The Bertz CT molecular complexity index is 1200. The normalized spacial score (nSPS) is 23.8. The van der Waals surface area contributed by atoms with Gasteiger partial charge in [-0.25, -0.2) is 22.8 Å². The van der Waals surface area contributed by atoms with Crippen LogP contribution in [0.2, 0.25) is 0 Å². The Labute approximate surface area is 206 Å². The number of nitrogens with zero attached hydrogens (tertiary/aromatic N) is 3. The van der Waals surface area contributed by atoms with Crippen molar-refractivity contribution in [1.29, 1.82) is 0 Å². The summed E-state index contributed by atoms with van der Waals surface area (Å²) < 4.78 is 88.9. The Morgan fingerprint density at radius 2 is 1.89 bits per heavy atom. The molecule has 8 nitrogen and oxygen atoms in total. The molecule has 36 heavy (non-hydrogen) atoms. The van der Waals surface area contributed by atoms with Gasteiger partial charge in [0.25, 0.3) is 0 Å². The number of benzene rings is 1. The van der Waals surface area contributed by atoms with Crippen molar-refractivity contribution < 1.29 is 35.5 Å². The quantitative estimate of drug-likeness (QED) is 0.537. The van der Waals surface area contributed by atoms with Crippen molar-refractivity contribution in [2.75, 3.05) is 31.3 Å². The summed E-state index contributed by atoms with van der Waals surface area (Å²) in [5.74, 6) is -1.64. The van der Waals surface area contributed by atoms with Crippen molar-refractivity contribution in [1.82, 2.24) is 14.9 Å². The molecule has 2 aliphatic rings. The lowest BCUT2D eigenvalue weighted by Crippen LogP contribution is -2.60. The number of nitrogens with one attached hydrogen (secondary N) is 1. The van der Waals surface area contributed by atoms with Crippen molar-refractivity contribution in [2.24, 2.45) is 5.92 Å². The van der Waals surface area contributed by atoms with Crippen LogP contribution in [0.3, 0.4) is 0 Å². The molecule has 0 radical (unpaired) electrons. The van der Waals surface area contributed by atoms with E-state index < -0.39 is 27.7 Å². The van der Waals surface area contributed by atoms with Gasteiger partial charge in [-0.3, -0.25) is 4.90 Å². The lowest BCUT2D eigenvalue weighted by molar-refractivity contribution is -0.187. The first kappa shape index (κ1) is 26.6. The number of morpholine rings is 1. The largest absolute Gasteiger partial charge is 0.474 e. The molecule has 198 valence electrons. The van der Waals surface area contributed by atoms with Crippen LogP contribution in [0.25, 0.3) is 0 Å². The summed E-state index contributed by atoms with van der Waals surface area (Å²) in [7, 11) is -3.55. The Morgan fingerprint density at radius 1 is 1.22 bits per heavy atom. The maximum Gasteiger partial charge on any atom is 0.392 e. The van der Waals surface area contributed by atoms with Gasteiger partial charge in [-0.2, -0.15) is 13.2 Å². The predicted molar refractivity (Wildman–Crippen MR) is 124 cm³/mol. The number of rotatable bonds is 7. The Morgan fingerprint density at radius 3 is 2.47 bits per heavy atom. The first-order valence-corrected chi connectivity index (χ1v) is 13.4. The second kappa shape index (κ2) is 10.1. The monoisotopic (exact) mass is 532 g/mol. The summed E-state index contributed by atoms with van der Waals surface area (Å²) in [6.07, 6.45) is -1.32. The second-order valence-corrected chi connectivity index (χ2v) is 11.4. The van der Waals surface area contributed by atoms with Crippen LogP contribution in [-0.2, 0) is 14.6 Å². The van der Waals surface area contributed by atoms with Crippen LogP contribution in [-0.4, -0.2) is 73.7 Å². The highest BCUT2D eigenvalue weighted by Crippen LogP contribution is 2.35. The van der Waals surface area contributed by atoms with Gasteiger partial charge in [0, 0.05) is 37.7 Å². The average molecular weight is 533 g/mol. The fraction of sp³-hybridized carbons (Fsp3) is 0.565. The molecule has 0 saturated carbocycles. The first-order chi connectivity index (χ1) is 16.8. The molecule has 2 bridgehead atoms. The third kappa shape index (κ3) is 5.89. The molecule has 1 N–H and O–H groups in total. The molecule has 3 unspecified atom stereocenters. The highest BCUT2D eigenvalue weighted by atomic mass is 32.2. The van der Waals surface area contributed by atoms with E-state index in [1.807, 2.05) is 4.90 Å². The van der Waals surface area contributed by atoms with E-state index in [0.29, 0.717) is 31.6 Å². The molecule has 2 fully saturated rings. The van der Waals surface area contributed by atoms with Crippen LogP contribution in [0.4, 0.5) is 29.1 Å². The summed E-state index contributed by atoms with van der Waals surface area (Å²) in [4.78, 5) is 10.1. The molecular weight excluding hydrogens is 504 g/mol. The number of hydrogen-bond acceptors (Lipinski definition) is 8. The molecule has 13 heteroatoms. The van der Waals surface area contributed by atoms with E-state index in [2.05, 4.69) is 15.3 Å². The topological polar surface area (TPSA) is 93.7 Å². The average Bonchev–Trinajstić information content (AvgIpc) is 2.76. The number of fused-ring (bicyclic) bond motifs is 2. The number of sulfone groups is 1. The van der Waals surface area contributed by atoms with Crippen molar-refractivity contribution in [3.05, 3.63) is 35.9 Å². The van der Waals surface area contributed by atoms with Crippen LogP contribution in [0.5, 0.6) is 5.88 Å². The van der Waals surface area contributed by atoms with Gasteiger partial charge in [0.1, 0.15) is 24.1 Å². The molecule has 0 amide bonds. The maximum absolute atomic E-state index is 14.5. The fourth-order valence-corrected chi connectivity index (χ4v) is 5.18. The third-order valence-electron chi connectivity index (χ3n) is 6.61. The van der Waals surface area contributed by atoms with Crippen LogP contribution in [0, 0.1) is 18.7 Å². The molecule has 1 aromatic carbocycles. The minimum absolute atomic E-state index is 0.0360. The zero-order chi connectivity index (χ0) is 26.3. The molecule has 0 aliphatic carbocycles. The van der Waals surface area contributed by atoms with E-state index in [1.165, 1.54) is 25.4 Å². The van der Waals surface area contributed by atoms with Gasteiger partial charge < -0.3 is 14.8 Å². The van der Waals surface area contributed by atoms with E-state index in [4.69, 9.17) is 9.47 Å². The van der Waals surface area contributed by atoms with Crippen LogP contribution in [0.15, 0.2) is 29.4 Å². The fourth-order valence-electron chi connectivity index (χ4n) is 4.55. The van der Waals surface area contributed by atoms with Gasteiger partial charge in [0.05, 0.1) is 35.3 Å². The van der Waals surface area contributed by atoms with Gasteiger partial charge in [-0.05, 0) is 25.1 Å².